The number of likely N-dealkylation sites (tertiary alicyclic amines) is 1. The molecular weight excluding hydrogens is 200 g/mol. The summed E-state index contributed by atoms with van der Waals surface area (Å²) < 4.78 is 0. The Kier molecular flexibility index (Phi) is 4.08. The van der Waals surface area contributed by atoms with Gasteiger partial charge in [0, 0.05) is 19.1 Å². The van der Waals surface area contributed by atoms with E-state index < -0.39 is 0 Å². The summed E-state index contributed by atoms with van der Waals surface area (Å²) in [5, 5.41) is 3.20. The molecule has 1 N–H and O–H groups in total. The lowest BCUT2D eigenvalue weighted by Crippen LogP contribution is -2.48. The van der Waals surface area contributed by atoms with Gasteiger partial charge in [-0.2, -0.15) is 0 Å². The zero-order valence-electron chi connectivity index (χ0n) is 10.4. The Labute approximate surface area is 98.6 Å². The summed E-state index contributed by atoms with van der Waals surface area (Å²) >= 11 is 0. The highest BCUT2D eigenvalue weighted by atomic mass is 16.2. The lowest BCUT2D eigenvalue weighted by atomic mass is 9.95. The second-order valence-electron chi connectivity index (χ2n) is 5.48. The fourth-order valence-electron chi connectivity index (χ4n) is 2.89. The van der Waals surface area contributed by atoms with E-state index >= 15 is 0 Å². The normalized spacial score (nSPS) is 27.8. The minimum Gasteiger partial charge on any atom is -0.335 e. The summed E-state index contributed by atoms with van der Waals surface area (Å²) in [4.78, 5) is 14.0. The first kappa shape index (κ1) is 11.7. The minimum atomic E-state index is 0.179. The molecule has 2 rings (SSSR count). The largest absolute Gasteiger partial charge is 0.335 e. The topological polar surface area (TPSA) is 32.3 Å². The molecule has 0 aromatic rings. The molecule has 1 aliphatic heterocycles. The van der Waals surface area contributed by atoms with Gasteiger partial charge in [0.1, 0.15) is 0 Å². The maximum absolute atomic E-state index is 12.0. The average molecular weight is 224 g/mol. The van der Waals surface area contributed by atoms with Crippen molar-refractivity contribution in [2.75, 3.05) is 13.1 Å². The van der Waals surface area contributed by atoms with Gasteiger partial charge in [-0.1, -0.05) is 26.2 Å². The number of urea groups is 1. The highest BCUT2D eigenvalue weighted by Crippen LogP contribution is 2.19. The summed E-state index contributed by atoms with van der Waals surface area (Å²) in [6.07, 6.45) is 8.69. The van der Waals surface area contributed by atoms with Crippen molar-refractivity contribution in [2.45, 2.75) is 57.9 Å². The van der Waals surface area contributed by atoms with Crippen LogP contribution >= 0.6 is 0 Å². The van der Waals surface area contributed by atoms with Crippen LogP contribution in [0.3, 0.4) is 0 Å². The second-order valence-corrected chi connectivity index (χ2v) is 5.48. The number of hydrogen-bond donors (Lipinski definition) is 1. The zero-order valence-corrected chi connectivity index (χ0v) is 10.4. The van der Waals surface area contributed by atoms with Crippen molar-refractivity contribution in [3.8, 4) is 0 Å². The third kappa shape index (κ3) is 3.13. The van der Waals surface area contributed by atoms with Crippen LogP contribution in [0.2, 0.25) is 0 Å². The molecule has 92 valence electrons. The van der Waals surface area contributed by atoms with E-state index in [-0.39, 0.29) is 6.03 Å². The molecule has 1 heterocycles. The van der Waals surface area contributed by atoms with E-state index in [2.05, 4.69) is 12.2 Å². The standard InChI is InChI=1S/C13H24N2O/c1-11-6-5-9-15(10-11)13(16)14-12-7-3-2-4-8-12/h11-12H,2-10H2,1H3,(H,14,16). The van der Waals surface area contributed by atoms with Gasteiger partial charge in [-0.15, -0.1) is 0 Å². The average Bonchev–Trinajstić information content (AvgIpc) is 2.30. The van der Waals surface area contributed by atoms with Crippen LogP contribution in [0, 0.1) is 5.92 Å². The Morgan fingerprint density at radius 2 is 1.88 bits per heavy atom. The highest BCUT2D eigenvalue weighted by Gasteiger charge is 2.23. The predicted octanol–water partition coefficient (Wildman–Crippen LogP) is 2.76. The van der Waals surface area contributed by atoms with Crippen LogP contribution in [0.4, 0.5) is 4.79 Å². The van der Waals surface area contributed by atoms with Crippen LogP contribution in [0.5, 0.6) is 0 Å². The number of nitrogens with zero attached hydrogens (tertiary/aromatic N) is 1. The number of amides is 2. The van der Waals surface area contributed by atoms with Crippen molar-refractivity contribution in [3.63, 3.8) is 0 Å². The zero-order chi connectivity index (χ0) is 11.4. The van der Waals surface area contributed by atoms with E-state index in [1.165, 1.54) is 44.9 Å². The van der Waals surface area contributed by atoms with Crippen molar-refractivity contribution >= 4 is 6.03 Å². The first-order chi connectivity index (χ1) is 7.75. The Morgan fingerprint density at radius 1 is 1.12 bits per heavy atom. The Bertz CT molecular complexity index is 236. The van der Waals surface area contributed by atoms with Gasteiger partial charge in [-0.05, 0) is 31.6 Å². The molecule has 2 amide bonds. The number of rotatable bonds is 1. The van der Waals surface area contributed by atoms with E-state index in [9.17, 15) is 4.79 Å². The molecule has 2 aliphatic rings. The van der Waals surface area contributed by atoms with Gasteiger partial charge in [0.25, 0.3) is 0 Å². The minimum absolute atomic E-state index is 0.179. The van der Waals surface area contributed by atoms with E-state index in [4.69, 9.17) is 0 Å². The third-order valence-electron chi connectivity index (χ3n) is 3.88. The lowest BCUT2D eigenvalue weighted by molar-refractivity contribution is 0.163. The molecule has 2 fully saturated rings. The van der Waals surface area contributed by atoms with Gasteiger partial charge in [0.2, 0.25) is 0 Å². The molecule has 0 aromatic carbocycles. The molecule has 0 radical (unpaired) electrons. The molecule has 16 heavy (non-hydrogen) atoms. The second kappa shape index (κ2) is 5.55. The van der Waals surface area contributed by atoms with Crippen molar-refractivity contribution in [1.82, 2.24) is 10.2 Å². The smallest absolute Gasteiger partial charge is 0.317 e. The van der Waals surface area contributed by atoms with Gasteiger partial charge >= 0.3 is 6.03 Å². The number of carbonyl (C=O) groups excluding carboxylic acids is 1. The number of nitrogens with one attached hydrogen (secondary N) is 1. The van der Waals surface area contributed by atoms with Gasteiger partial charge in [-0.25, -0.2) is 4.79 Å². The van der Waals surface area contributed by atoms with Crippen LogP contribution in [0.15, 0.2) is 0 Å². The van der Waals surface area contributed by atoms with Gasteiger partial charge < -0.3 is 10.2 Å². The number of carbonyl (C=O) groups is 1. The summed E-state index contributed by atoms with van der Waals surface area (Å²) in [6, 6.07) is 0.622. The first-order valence-corrected chi connectivity index (χ1v) is 6.81. The Hall–Kier alpha value is -0.730. The third-order valence-corrected chi connectivity index (χ3v) is 3.88. The molecule has 1 saturated carbocycles. The predicted molar refractivity (Wildman–Crippen MR) is 65.4 cm³/mol. The lowest BCUT2D eigenvalue weighted by Gasteiger charge is -2.33. The van der Waals surface area contributed by atoms with Crippen molar-refractivity contribution in [1.29, 1.82) is 0 Å². The maximum atomic E-state index is 12.0. The number of hydrogen-bond acceptors (Lipinski definition) is 1. The fourth-order valence-corrected chi connectivity index (χ4v) is 2.89. The molecule has 0 bridgehead atoms. The molecule has 1 aliphatic carbocycles. The highest BCUT2D eigenvalue weighted by molar-refractivity contribution is 5.74. The Morgan fingerprint density at radius 3 is 2.56 bits per heavy atom. The van der Waals surface area contributed by atoms with Crippen LogP contribution in [0.25, 0.3) is 0 Å². The van der Waals surface area contributed by atoms with Crippen LogP contribution < -0.4 is 5.32 Å². The van der Waals surface area contributed by atoms with Gasteiger partial charge in [0.05, 0.1) is 0 Å². The first-order valence-electron chi connectivity index (χ1n) is 6.81. The van der Waals surface area contributed by atoms with E-state index in [1.807, 2.05) is 4.90 Å². The maximum Gasteiger partial charge on any atom is 0.317 e. The summed E-state index contributed by atoms with van der Waals surface area (Å²) in [7, 11) is 0. The van der Waals surface area contributed by atoms with Crippen LogP contribution in [-0.2, 0) is 0 Å². The van der Waals surface area contributed by atoms with E-state index in [0.717, 1.165) is 13.1 Å². The fraction of sp³-hybridized carbons (Fsp3) is 0.923. The molecule has 3 heteroatoms. The number of piperidine rings is 1. The van der Waals surface area contributed by atoms with Crippen LogP contribution in [-0.4, -0.2) is 30.1 Å². The SMILES string of the molecule is CC1CCCN(C(=O)NC2CCCCC2)C1. The molecule has 3 nitrogen and oxygen atoms in total. The molecule has 1 atom stereocenters. The van der Waals surface area contributed by atoms with Crippen molar-refractivity contribution < 1.29 is 4.79 Å². The molecule has 1 unspecified atom stereocenters. The van der Waals surface area contributed by atoms with Crippen molar-refractivity contribution in [3.05, 3.63) is 0 Å². The van der Waals surface area contributed by atoms with Crippen molar-refractivity contribution in [2.24, 2.45) is 5.92 Å². The molecule has 1 saturated heterocycles. The van der Waals surface area contributed by atoms with Crippen LogP contribution in [0.1, 0.15) is 51.9 Å². The summed E-state index contributed by atoms with van der Waals surface area (Å²) in [5.41, 5.74) is 0. The Balaban J connectivity index is 1.77. The molecule has 0 spiro atoms. The molecular formula is C13H24N2O. The van der Waals surface area contributed by atoms with Gasteiger partial charge in [-0.3, -0.25) is 0 Å². The quantitative estimate of drug-likeness (QED) is 0.730. The van der Waals surface area contributed by atoms with E-state index in [0.29, 0.717) is 12.0 Å². The summed E-state index contributed by atoms with van der Waals surface area (Å²) in [6.45, 7) is 4.13. The van der Waals surface area contributed by atoms with E-state index in [1.54, 1.807) is 0 Å². The summed E-state index contributed by atoms with van der Waals surface area (Å²) in [5.74, 6) is 0.672. The van der Waals surface area contributed by atoms with Gasteiger partial charge in [0.15, 0.2) is 0 Å². The molecule has 0 aromatic heterocycles. The monoisotopic (exact) mass is 224 g/mol.